The molecule has 3 amide bonds. The van der Waals surface area contributed by atoms with Crippen molar-refractivity contribution in [1.82, 2.24) is 14.7 Å². The van der Waals surface area contributed by atoms with Gasteiger partial charge in [0.2, 0.25) is 0 Å². The summed E-state index contributed by atoms with van der Waals surface area (Å²) < 4.78 is 0. The van der Waals surface area contributed by atoms with E-state index >= 15 is 0 Å². The van der Waals surface area contributed by atoms with Gasteiger partial charge < -0.3 is 19.8 Å². The van der Waals surface area contributed by atoms with Crippen LogP contribution in [0.1, 0.15) is 23.2 Å². The van der Waals surface area contributed by atoms with Gasteiger partial charge in [-0.25, -0.2) is 4.79 Å². The third-order valence-electron chi connectivity index (χ3n) is 5.55. The summed E-state index contributed by atoms with van der Waals surface area (Å²) >= 11 is 1.56. The molecule has 1 N–H and O–H groups in total. The lowest BCUT2D eigenvalue weighted by atomic mass is 9.75. The number of fused-ring (bicyclic) bond motifs is 1. The second-order valence-electron chi connectivity index (χ2n) is 7.37. The maximum atomic E-state index is 13.0. The molecule has 2 fully saturated rings. The molecule has 2 heterocycles. The molecule has 2 aliphatic heterocycles. The molecule has 0 bridgehead atoms. The molecule has 2 aliphatic rings. The van der Waals surface area contributed by atoms with Crippen LogP contribution in [0.5, 0.6) is 0 Å². The number of nitrogens with zero attached hydrogens (tertiary/aromatic N) is 3. The Morgan fingerprint density at radius 2 is 1.77 bits per heavy atom. The quantitative estimate of drug-likeness (QED) is 0.801. The Morgan fingerprint density at radius 3 is 2.42 bits per heavy atom. The summed E-state index contributed by atoms with van der Waals surface area (Å²) in [7, 11) is 3.47. The van der Waals surface area contributed by atoms with Crippen molar-refractivity contribution in [1.29, 1.82) is 0 Å². The Labute approximate surface area is 159 Å². The van der Waals surface area contributed by atoms with Gasteiger partial charge in [-0.15, -0.1) is 11.8 Å². The number of piperidine rings is 2. The van der Waals surface area contributed by atoms with Gasteiger partial charge in [0, 0.05) is 51.1 Å². The highest BCUT2D eigenvalue weighted by molar-refractivity contribution is 7.98. The smallest absolute Gasteiger partial charge is 0.319 e. The summed E-state index contributed by atoms with van der Waals surface area (Å²) in [5, 5.41) is 11.0. The summed E-state index contributed by atoms with van der Waals surface area (Å²) in [6.07, 6.45) is 3.10. The summed E-state index contributed by atoms with van der Waals surface area (Å²) in [6.45, 7) is 2.08. The molecular formula is C19H27N3O3S. The Balaban J connectivity index is 1.75. The zero-order valence-electron chi connectivity index (χ0n) is 15.6. The molecule has 2 atom stereocenters. The number of aliphatic hydroxyl groups is 1. The number of likely N-dealkylation sites (tertiary alicyclic amines) is 2. The lowest BCUT2D eigenvalue weighted by Gasteiger charge is -2.50. The van der Waals surface area contributed by atoms with Gasteiger partial charge in [-0.1, -0.05) is 12.1 Å². The van der Waals surface area contributed by atoms with Crippen molar-refractivity contribution in [3.63, 3.8) is 0 Å². The third-order valence-corrected chi connectivity index (χ3v) is 6.34. The van der Waals surface area contributed by atoms with Gasteiger partial charge in [0.25, 0.3) is 5.91 Å². The Morgan fingerprint density at radius 1 is 1.15 bits per heavy atom. The zero-order valence-corrected chi connectivity index (χ0v) is 16.5. The van der Waals surface area contributed by atoms with Gasteiger partial charge >= 0.3 is 6.03 Å². The number of benzene rings is 1. The Hall–Kier alpha value is -1.73. The first-order valence-corrected chi connectivity index (χ1v) is 10.2. The van der Waals surface area contributed by atoms with E-state index in [1.54, 1.807) is 35.7 Å². The number of rotatable bonds is 2. The molecule has 1 aromatic carbocycles. The fourth-order valence-corrected chi connectivity index (χ4v) is 4.53. The fraction of sp³-hybridized carbons (Fsp3) is 0.579. The highest BCUT2D eigenvalue weighted by Gasteiger charge is 2.47. The van der Waals surface area contributed by atoms with Crippen LogP contribution in [-0.4, -0.2) is 83.9 Å². The average Bonchev–Trinajstić information content (AvgIpc) is 2.65. The van der Waals surface area contributed by atoms with E-state index in [1.807, 2.05) is 35.4 Å². The first kappa shape index (κ1) is 19.0. The number of thioether (sulfide) groups is 1. The van der Waals surface area contributed by atoms with Crippen molar-refractivity contribution in [2.45, 2.75) is 23.3 Å². The number of carbonyl (C=O) groups is 2. The van der Waals surface area contributed by atoms with Gasteiger partial charge in [-0.3, -0.25) is 4.79 Å². The van der Waals surface area contributed by atoms with Crippen molar-refractivity contribution >= 4 is 23.7 Å². The largest absolute Gasteiger partial charge is 0.389 e. The molecule has 0 saturated carbocycles. The molecular weight excluding hydrogens is 350 g/mol. The van der Waals surface area contributed by atoms with Crippen LogP contribution in [0.25, 0.3) is 0 Å². The van der Waals surface area contributed by atoms with Crippen LogP contribution in [0.3, 0.4) is 0 Å². The SMILES string of the molecule is CSc1ccccc1C(=O)N1CC[C@]2(O)CCN(C(=O)N(C)C)C[C@@H]2C1. The van der Waals surface area contributed by atoms with E-state index in [4.69, 9.17) is 0 Å². The average molecular weight is 378 g/mol. The molecule has 3 rings (SSSR count). The van der Waals surface area contributed by atoms with Gasteiger partial charge in [-0.2, -0.15) is 0 Å². The van der Waals surface area contributed by atoms with E-state index in [0.29, 0.717) is 44.6 Å². The van der Waals surface area contributed by atoms with Crippen LogP contribution < -0.4 is 0 Å². The molecule has 0 unspecified atom stereocenters. The second kappa shape index (κ2) is 7.48. The van der Waals surface area contributed by atoms with Gasteiger partial charge in [0.1, 0.15) is 0 Å². The predicted molar refractivity (Wildman–Crippen MR) is 102 cm³/mol. The molecule has 0 radical (unpaired) electrons. The van der Waals surface area contributed by atoms with E-state index in [1.165, 1.54) is 0 Å². The topological polar surface area (TPSA) is 64.1 Å². The molecule has 0 aliphatic carbocycles. The number of hydrogen-bond donors (Lipinski definition) is 1. The van der Waals surface area contributed by atoms with Crippen molar-refractivity contribution in [3.8, 4) is 0 Å². The summed E-state index contributed by atoms with van der Waals surface area (Å²) in [5.74, 6) is -0.104. The highest BCUT2D eigenvalue weighted by Crippen LogP contribution is 2.36. The van der Waals surface area contributed by atoms with E-state index in [0.717, 1.165) is 4.90 Å². The number of hydrogen-bond acceptors (Lipinski definition) is 4. The lowest BCUT2D eigenvalue weighted by molar-refractivity contribution is -0.101. The maximum Gasteiger partial charge on any atom is 0.319 e. The molecule has 26 heavy (non-hydrogen) atoms. The normalized spacial score (nSPS) is 25.6. The highest BCUT2D eigenvalue weighted by atomic mass is 32.2. The van der Waals surface area contributed by atoms with Crippen molar-refractivity contribution in [3.05, 3.63) is 29.8 Å². The van der Waals surface area contributed by atoms with E-state index < -0.39 is 5.60 Å². The van der Waals surface area contributed by atoms with E-state index in [9.17, 15) is 14.7 Å². The van der Waals surface area contributed by atoms with Crippen molar-refractivity contribution < 1.29 is 14.7 Å². The minimum atomic E-state index is -0.779. The number of carbonyl (C=O) groups excluding carboxylic acids is 2. The van der Waals surface area contributed by atoms with Crippen LogP contribution in [0.4, 0.5) is 4.79 Å². The minimum Gasteiger partial charge on any atom is -0.389 e. The second-order valence-corrected chi connectivity index (χ2v) is 8.22. The van der Waals surface area contributed by atoms with Crippen LogP contribution in [0.15, 0.2) is 29.2 Å². The predicted octanol–water partition coefficient (Wildman–Crippen LogP) is 1.99. The van der Waals surface area contributed by atoms with Gasteiger partial charge in [0.05, 0.1) is 11.2 Å². The molecule has 142 valence electrons. The van der Waals surface area contributed by atoms with Crippen molar-refractivity contribution in [2.24, 2.45) is 5.92 Å². The standard InChI is InChI=1S/C19H27N3O3S/c1-20(2)18(24)22-11-9-19(25)8-10-21(12-14(19)13-22)17(23)15-6-4-5-7-16(15)26-3/h4-7,14,25H,8-13H2,1-3H3/t14-,19-/m0/s1. The van der Waals surface area contributed by atoms with Gasteiger partial charge in [-0.05, 0) is 31.2 Å². The molecule has 0 spiro atoms. The van der Waals surface area contributed by atoms with Crippen molar-refractivity contribution in [2.75, 3.05) is 46.5 Å². The van der Waals surface area contributed by atoms with Crippen LogP contribution >= 0.6 is 11.8 Å². The Bertz CT molecular complexity index is 696. The first-order chi connectivity index (χ1) is 12.4. The first-order valence-electron chi connectivity index (χ1n) is 8.96. The summed E-state index contributed by atoms with van der Waals surface area (Å²) in [5.41, 5.74) is -0.0682. The fourth-order valence-electron chi connectivity index (χ4n) is 3.94. The Kier molecular flexibility index (Phi) is 5.48. The molecule has 0 aromatic heterocycles. The summed E-state index contributed by atoms with van der Waals surface area (Å²) in [4.78, 5) is 31.4. The van der Waals surface area contributed by atoms with E-state index in [-0.39, 0.29) is 17.9 Å². The molecule has 2 saturated heterocycles. The number of amides is 3. The minimum absolute atomic E-state index is 0.00746. The third kappa shape index (κ3) is 3.55. The van der Waals surface area contributed by atoms with Crippen LogP contribution in [0, 0.1) is 5.92 Å². The molecule has 7 heteroatoms. The molecule has 1 aromatic rings. The molecule has 6 nitrogen and oxygen atoms in total. The zero-order chi connectivity index (χ0) is 18.9. The van der Waals surface area contributed by atoms with Crippen LogP contribution in [0.2, 0.25) is 0 Å². The summed E-state index contributed by atoms with van der Waals surface area (Å²) in [6, 6.07) is 7.59. The van der Waals surface area contributed by atoms with Gasteiger partial charge in [0.15, 0.2) is 0 Å². The monoisotopic (exact) mass is 377 g/mol. The number of urea groups is 1. The van der Waals surface area contributed by atoms with Crippen LogP contribution in [-0.2, 0) is 0 Å². The maximum absolute atomic E-state index is 13.0. The van der Waals surface area contributed by atoms with E-state index in [2.05, 4.69) is 0 Å². The lowest BCUT2D eigenvalue weighted by Crippen LogP contribution is -2.62.